The van der Waals surface area contributed by atoms with Crippen LogP contribution >= 0.6 is 0 Å². The van der Waals surface area contributed by atoms with E-state index in [2.05, 4.69) is 15.4 Å². The number of aromatic nitrogens is 5. The Hall–Kier alpha value is -3.95. The van der Waals surface area contributed by atoms with Crippen molar-refractivity contribution in [2.24, 2.45) is 0 Å². The van der Waals surface area contributed by atoms with Gasteiger partial charge in [0.1, 0.15) is 0 Å². The molecule has 0 unspecified atom stereocenters. The first-order chi connectivity index (χ1) is 16.3. The van der Waals surface area contributed by atoms with Gasteiger partial charge in [0.2, 0.25) is 5.82 Å². The molecule has 0 amide bonds. The number of hydrogen-bond donors (Lipinski definition) is 0. The van der Waals surface area contributed by atoms with Gasteiger partial charge in [0.15, 0.2) is 0 Å². The Bertz CT molecular complexity index is 1340. The number of nitrogens with zero attached hydrogens (tertiary/aromatic N) is 5. The predicted molar refractivity (Wildman–Crippen MR) is 121 cm³/mol. The van der Waals surface area contributed by atoms with Crippen molar-refractivity contribution in [1.29, 1.82) is 0 Å². The highest BCUT2D eigenvalue weighted by molar-refractivity contribution is 5.80. The molecule has 2 heterocycles. The Morgan fingerprint density at radius 2 is 1.71 bits per heavy atom. The molecule has 0 N–H and O–H groups in total. The molecule has 0 aliphatic carbocycles. The first-order valence-corrected chi connectivity index (χ1v) is 10.7. The van der Waals surface area contributed by atoms with E-state index in [0.29, 0.717) is 30.2 Å². The number of aryl methyl sites for hydroxylation is 1. The Kier molecular flexibility index (Phi) is 6.49. The van der Waals surface area contributed by atoms with E-state index in [9.17, 15) is 23.2 Å². The van der Waals surface area contributed by atoms with E-state index in [1.165, 1.54) is 4.57 Å². The summed E-state index contributed by atoms with van der Waals surface area (Å²) in [4.78, 5) is 12.7. The summed E-state index contributed by atoms with van der Waals surface area (Å²) in [6.45, 7) is 2.10. The lowest BCUT2D eigenvalue weighted by molar-refractivity contribution is -0.137. The summed E-state index contributed by atoms with van der Waals surface area (Å²) in [6, 6.07) is 16.3. The largest absolute Gasteiger partial charge is 0.773 e. The normalized spacial score (nSPS) is 11.6. The maximum absolute atomic E-state index is 13.2. The van der Waals surface area contributed by atoms with Crippen molar-refractivity contribution in [3.05, 3.63) is 93.0 Å². The third kappa shape index (κ3) is 5.00. The maximum Gasteiger partial charge on any atom is 0.416 e. The van der Waals surface area contributed by atoms with E-state index in [1.807, 2.05) is 43.3 Å². The first kappa shape index (κ1) is 23.2. The number of rotatable bonds is 7. The van der Waals surface area contributed by atoms with Gasteiger partial charge in [0.05, 0.1) is 12.1 Å². The molecule has 7 nitrogen and oxygen atoms in total. The molecule has 10 heteroatoms. The van der Waals surface area contributed by atoms with Gasteiger partial charge in [-0.3, -0.25) is 4.79 Å². The second-order valence-electron chi connectivity index (χ2n) is 7.87. The first-order valence-electron chi connectivity index (χ1n) is 10.7. The number of tetrazole rings is 1. The maximum atomic E-state index is 13.2. The van der Waals surface area contributed by atoms with Gasteiger partial charge in [-0.15, -0.1) is 10.2 Å². The van der Waals surface area contributed by atoms with Crippen LogP contribution < -0.4 is 5.56 Å². The molecule has 4 rings (SSSR count). The smallest absolute Gasteiger partial charge is 0.416 e. The summed E-state index contributed by atoms with van der Waals surface area (Å²) >= 11 is 0. The molecular formula is C24H21F3N5O2-. The van der Waals surface area contributed by atoms with Gasteiger partial charge in [0, 0.05) is 17.3 Å². The number of alkyl halides is 3. The highest BCUT2D eigenvalue weighted by atomic mass is 19.4. The van der Waals surface area contributed by atoms with Gasteiger partial charge in [-0.25, -0.2) is 0 Å². The molecule has 34 heavy (non-hydrogen) atoms. The van der Waals surface area contributed by atoms with Gasteiger partial charge >= 0.3 is 6.18 Å². The van der Waals surface area contributed by atoms with E-state index >= 15 is 0 Å². The second kappa shape index (κ2) is 9.50. The number of halogens is 3. The molecular weight excluding hydrogens is 447 g/mol. The fraction of sp³-hybridized carbons (Fsp3) is 0.250. The Balaban J connectivity index is 1.65. The highest BCUT2D eigenvalue weighted by Crippen LogP contribution is 2.31. The molecule has 0 bridgehead atoms. The van der Waals surface area contributed by atoms with Crippen molar-refractivity contribution in [2.45, 2.75) is 38.9 Å². The minimum Gasteiger partial charge on any atom is -0.773 e. The molecule has 0 radical (unpaired) electrons. The van der Waals surface area contributed by atoms with Crippen molar-refractivity contribution < 1.29 is 13.2 Å². The summed E-state index contributed by atoms with van der Waals surface area (Å²) in [5.41, 5.74) is 1.79. The van der Waals surface area contributed by atoms with Crippen LogP contribution in [0.4, 0.5) is 13.2 Å². The summed E-state index contributed by atoms with van der Waals surface area (Å²) in [5, 5.41) is 22.1. The zero-order valence-corrected chi connectivity index (χ0v) is 18.3. The Labute approximate surface area is 193 Å². The number of unbranched alkanes of at least 4 members (excludes halogenated alkanes) is 1. The standard InChI is InChI=1S/C24H21F3N5O2/c1-2-3-6-19-13-18(24(25,26)27)14-22(33)31(19)15-16-9-11-17(12-10-16)20-7-4-5-8-21(20)23-28-30-32(34)29-23/h4-5,7-14H,2-3,6,15H2,1H3/q-1. The van der Waals surface area contributed by atoms with E-state index < -0.39 is 17.3 Å². The lowest BCUT2D eigenvalue weighted by atomic mass is 9.98. The highest BCUT2D eigenvalue weighted by Gasteiger charge is 2.32. The molecule has 176 valence electrons. The lowest BCUT2D eigenvalue weighted by Crippen LogP contribution is -2.26. The van der Waals surface area contributed by atoms with Gasteiger partial charge in [0.25, 0.3) is 5.56 Å². The van der Waals surface area contributed by atoms with Crippen LogP contribution in [0.2, 0.25) is 0 Å². The van der Waals surface area contributed by atoms with E-state index in [4.69, 9.17) is 0 Å². The van der Waals surface area contributed by atoms with Gasteiger partial charge < -0.3 is 9.77 Å². The van der Waals surface area contributed by atoms with Gasteiger partial charge in [-0.05, 0) is 35.6 Å². The fourth-order valence-electron chi connectivity index (χ4n) is 3.77. The SMILES string of the molecule is CCCCc1cc(C(F)(F)F)cc(=O)n1Cc1ccc(-c2ccccc2-c2nnn([O-])n2)cc1. The molecule has 0 spiro atoms. The minimum atomic E-state index is -4.57. The summed E-state index contributed by atoms with van der Waals surface area (Å²) in [5.74, 6) is 0.201. The molecule has 0 saturated heterocycles. The molecule has 0 saturated carbocycles. The zero-order chi connectivity index (χ0) is 24.3. The molecule has 0 aliphatic heterocycles. The van der Waals surface area contributed by atoms with Gasteiger partial charge in [-0.2, -0.15) is 18.1 Å². The number of pyridine rings is 1. The molecule has 2 aromatic heterocycles. The van der Waals surface area contributed by atoms with Crippen LogP contribution in [0.25, 0.3) is 22.5 Å². The second-order valence-corrected chi connectivity index (χ2v) is 7.87. The van der Waals surface area contributed by atoms with Crippen molar-refractivity contribution in [3.63, 3.8) is 0 Å². The number of benzene rings is 2. The van der Waals surface area contributed by atoms with Crippen LogP contribution in [0.15, 0.2) is 65.5 Å². The van der Waals surface area contributed by atoms with Crippen LogP contribution in [0.5, 0.6) is 0 Å². The van der Waals surface area contributed by atoms with Crippen LogP contribution in [-0.4, -0.2) is 24.9 Å². The van der Waals surface area contributed by atoms with E-state index in [1.54, 1.807) is 12.1 Å². The average molecular weight is 468 g/mol. The summed E-state index contributed by atoms with van der Waals surface area (Å²) in [6.07, 6.45) is -2.71. The zero-order valence-electron chi connectivity index (χ0n) is 18.3. The third-order valence-corrected chi connectivity index (χ3v) is 5.50. The van der Waals surface area contributed by atoms with E-state index in [-0.39, 0.29) is 17.3 Å². The summed E-state index contributed by atoms with van der Waals surface area (Å²) in [7, 11) is 0. The average Bonchev–Trinajstić information content (AvgIpc) is 3.25. The van der Waals surface area contributed by atoms with Crippen molar-refractivity contribution in [1.82, 2.24) is 24.9 Å². The Morgan fingerprint density at radius 1 is 1.00 bits per heavy atom. The number of hydrogen-bond acceptors (Lipinski definition) is 5. The van der Waals surface area contributed by atoms with Crippen molar-refractivity contribution in [3.8, 4) is 22.5 Å². The molecule has 2 aromatic carbocycles. The van der Waals surface area contributed by atoms with Crippen molar-refractivity contribution in [2.75, 3.05) is 0 Å². The fourth-order valence-corrected chi connectivity index (χ4v) is 3.77. The molecule has 4 aromatic rings. The van der Waals surface area contributed by atoms with Crippen LogP contribution in [0, 0.1) is 5.21 Å². The third-order valence-electron chi connectivity index (χ3n) is 5.50. The molecule has 0 atom stereocenters. The van der Waals surface area contributed by atoms with Crippen LogP contribution in [0.1, 0.15) is 36.6 Å². The Morgan fingerprint density at radius 3 is 2.32 bits per heavy atom. The predicted octanol–water partition coefficient (Wildman–Crippen LogP) is 4.92. The van der Waals surface area contributed by atoms with Gasteiger partial charge in [-0.1, -0.05) is 67.1 Å². The minimum absolute atomic E-state index is 0.146. The molecule has 0 aliphatic rings. The summed E-state index contributed by atoms with van der Waals surface area (Å²) < 4.78 is 41.0. The quantitative estimate of drug-likeness (QED) is 0.384. The monoisotopic (exact) mass is 468 g/mol. The van der Waals surface area contributed by atoms with Crippen molar-refractivity contribution >= 4 is 0 Å². The topological polar surface area (TPSA) is 88.7 Å². The van der Waals surface area contributed by atoms with E-state index in [0.717, 1.165) is 29.2 Å². The molecule has 0 fully saturated rings. The lowest BCUT2D eigenvalue weighted by Gasteiger charge is -2.16. The van der Waals surface area contributed by atoms with Crippen LogP contribution in [-0.2, 0) is 19.1 Å². The van der Waals surface area contributed by atoms with Crippen LogP contribution in [0.3, 0.4) is 0 Å².